The monoisotopic (exact) mass is 189 g/mol. The Kier molecular flexibility index (Phi) is 1.80. The minimum Gasteiger partial charge on any atom is -0.384 e. The summed E-state index contributed by atoms with van der Waals surface area (Å²) in [5.41, 5.74) is 7.00. The summed E-state index contributed by atoms with van der Waals surface area (Å²) in [6, 6.07) is 6.00. The van der Waals surface area contributed by atoms with Crippen molar-refractivity contribution in [3.8, 4) is 16.5 Å². The lowest BCUT2D eigenvalue weighted by molar-refractivity contribution is 1.41. The van der Waals surface area contributed by atoms with E-state index in [4.69, 9.17) is 11.0 Å². The summed E-state index contributed by atoms with van der Waals surface area (Å²) in [6.07, 6.45) is 1.76. The van der Waals surface area contributed by atoms with Crippen molar-refractivity contribution in [2.75, 3.05) is 5.73 Å². The van der Waals surface area contributed by atoms with Crippen molar-refractivity contribution >= 4 is 17.2 Å². The van der Waals surface area contributed by atoms with Gasteiger partial charge in [0.05, 0.1) is 0 Å². The van der Waals surface area contributed by atoms with Crippen LogP contribution in [0.1, 0.15) is 5.56 Å². The number of hydrogen-bond donors (Lipinski definition) is 2. The average molecular weight is 189 g/mol. The van der Waals surface area contributed by atoms with Crippen LogP contribution in [0.5, 0.6) is 0 Å². The first kappa shape index (κ1) is 7.90. The van der Waals surface area contributed by atoms with Crippen molar-refractivity contribution in [2.24, 2.45) is 0 Å². The molecule has 2 aromatic rings. The molecule has 0 aliphatic carbocycles. The normalized spacial score (nSPS) is 9.77. The van der Waals surface area contributed by atoms with Gasteiger partial charge in [0, 0.05) is 16.6 Å². The van der Waals surface area contributed by atoms with Crippen LogP contribution in [-0.4, -0.2) is 4.98 Å². The SMILES string of the molecule is N#Cc1c(-c2cccs2)c[nH]c1N. The first-order chi connectivity index (χ1) is 6.33. The van der Waals surface area contributed by atoms with Crippen LogP contribution >= 0.6 is 11.3 Å². The van der Waals surface area contributed by atoms with E-state index in [1.54, 1.807) is 17.5 Å². The van der Waals surface area contributed by atoms with Crippen LogP contribution in [0.3, 0.4) is 0 Å². The molecule has 0 aliphatic rings. The van der Waals surface area contributed by atoms with Gasteiger partial charge in [0.25, 0.3) is 0 Å². The first-order valence-electron chi connectivity index (χ1n) is 3.73. The second-order valence-electron chi connectivity index (χ2n) is 2.58. The molecule has 2 rings (SSSR count). The maximum absolute atomic E-state index is 8.84. The predicted molar refractivity (Wildman–Crippen MR) is 53.2 cm³/mol. The third-order valence-electron chi connectivity index (χ3n) is 1.81. The van der Waals surface area contributed by atoms with E-state index in [9.17, 15) is 0 Å². The van der Waals surface area contributed by atoms with Gasteiger partial charge in [0.1, 0.15) is 17.5 Å². The maximum atomic E-state index is 8.84. The highest BCUT2D eigenvalue weighted by Crippen LogP contribution is 2.30. The molecule has 2 heterocycles. The number of nitrogens with two attached hydrogens (primary N) is 1. The largest absolute Gasteiger partial charge is 0.384 e. The van der Waals surface area contributed by atoms with Crippen LogP contribution in [0.25, 0.3) is 10.4 Å². The Bertz CT molecular complexity index is 448. The number of nitriles is 1. The van der Waals surface area contributed by atoms with Crippen molar-refractivity contribution in [1.82, 2.24) is 4.98 Å². The summed E-state index contributed by atoms with van der Waals surface area (Å²) in [5.74, 6) is 0.436. The first-order valence-corrected chi connectivity index (χ1v) is 4.61. The zero-order valence-electron chi connectivity index (χ0n) is 6.74. The van der Waals surface area contributed by atoms with Crippen molar-refractivity contribution in [3.05, 3.63) is 29.3 Å². The third-order valence-corrected chi connectivity index (χ3v) is 2.71. The molecule has 64 valence electrons. The molecular weight excluding hydrogens is 182 g/mol. The molecule has 0 saturated heterocycles. The van der Waals surface area contributed by atoms with Gasteiger partial charge < -0.3 is 10.7 Å². The maximum Gasteiger partial charge on any atom is 0.119 e. The summed E-state index contributed by atoms with van der Waals surface area (Å²) in [6.45, 7) is 0. The van der Waals surface area contributed by atoms with Gasteiger partial charge in [-0.1, -0.05) is 6.07 Å². The average Bonchev–Trinajstić information content (AvgIpc) is 2.71. The highest BCUT2D eigenvalue weighted by atomic mass is 32.1. The molecule has 0 fully saturated rings. The van der Waals surface area contributed by atoms with E-state index in [0.717, 1.165) is 10.4 Å². The second kappa shape index (κ2) is 2.96. The van der Waals surface area contributed by atoms with Crippen LogP contribution in [0, 0.1) is 11.3 Å². The van der Waals surface area contributed by atoms with Gasteiger partial charge in [0.15, 0.2) is 0 Å². The number of aromatic nitrogens is 1. The lowest BCUT2D eigenvalue weighted by Gasteiger charge is -1.91. The van der Waals surface area contributed by atoms with E-state index < -0.39 is 0 Å². The number of hydrogen-bond acceptors (Lipinski definition) is 3. The predicted octanol–water partition coefficient (Wildman–Crippen LogP) is 2.20. The van der Waals surface area contributed by atoms with Gasteiger partial charge in [-0.3, -0.25) is 0 Å². The number of nitrogens with one attached hydrogen (secondary N) is 1. The van der Waals surface area contributed by atoms with Crippen LogP contribution < -0.4 is 5.73 Å². The van der Waals surface area contributed by atoms with E-state index in [1.807, 2.05) is 17.5 Å². The molecule has 3 nitrogen and oxygen atoms in total. The van der Waals surface area contributed by atoms with E-state index in [-0.39, 0.29) is 0 Å². The minimum atomic E-state index is 0.436. The number of nitrogens with zero attached hydrogens (tertiary/aromatic N) is 1. The summed E-state index contributed by atoms with van der Waals surface area (Å²) < 4.78 is 0. The number of anilines is 1. The molecule has 13 heavy (non-hydrogen) atoms. The number of rotatable bonds is 1. The Morgan fingerprint density at radius 2 is 2.38 bits per heavy atom. The molecule has 0 atom stereocenters. The number of H-pyrrole nitrogens is 1. The fourth-order valence-electron chi connectivity index (χ4n) is 1.19. The third kappa shape index (κ3) is 1.19. The Balaban J connectivity index is 2.60. The number of aromatic amines is 1. The summed E-state index contributed by atoms with van der Waals surface area (Å²) in [5, 5.41) is 10.8. The van der Waals surface area contributed by atoms with Gasteiger partial charge >= 0.3 is 0 Å². The molecule has 3 N–H and O–H groups in total. The van der Waals surface area contributed by atoms with Gasteiger partial charge in [-0.05, 0) is 11.4 Å². The van der Waals surface area contributed by atoms with E-state index >= 15 is 0 Å². The van der Waals surface area contributed by atoms with Crippen LogP contribution in [0.2, 0.25) is 0 Å². The second-order valence-corrected chi connectivity index (χ2v) is 3.53. The molecule has 0 saturated carbocycles. The highest BCUT2D eigenvalue weighted by Gasteiger charge is 2.10. The fourth-order valence-corrected chi connectivity index (χ4v) is 1.93. The molecule has 0 radical (unpaired) electrons. The summed E-state index contributed by atoms with van der Waals surface area (Å²) >= 11 is 1.59. The van der Waals surface area contributed by atoms with Crippen LogP contribution in [0.4, 0.5) is 5.82 Å². The highest BCUT2D eigenvalue weighted by molar-refractivity contribution is 7.13. The smallest absolute Gasteiger partial charge is 0.119 e. The molecular formula is C9H7N3S. The zero-order chi connectivity index (χ0) is 9.26. The lowest BCUT2D eigenvalue weighted by Crippen LogP contribution is -1.86. The fraction of sp³-hybridized carbons (Fsp3) is 0. The van der Waals surface area contributed by atoms with Crippen molar-refractivity contribution < 1.29 is 0 Å². The zero-order valence-corrected chi connectivity index (χ0v) is 7.56. The topological polar surface area (TPSA) is 65.6 Å². The van der Waals surface area contributed by atoms with E-state index in [1.165, 1.54) is 0 Å². The van der Waals surface area contributed by atoms with Crippen molar-refractivity contribution in [1.29, 1.82) is 5.26 Å². The molecule has 0 amide bonds. The lowest BCUT2D eigenvalue weighted by atomic mass is 10.2. The molecule has 0 unspecified atom stereocenters. The standard InChI is InChI=1S/C9H7N3S/c10-4-6-7(5-12-9(6)11)8-2-1-3-13-8/h1-3,5,12H,11H2. The van der Waals surface area contributed by atoms with Crippen LogP contribution in [-0.2, 0) is 0 Å². The Labute approximate surface area is 79.4 Å². The Morgan fingerprint density at radius 1 is 1.54 bits per heavy atom. The molecule has 0 bridgehead atoms. The molecule has 0 aromatic carbocycles. The molecule has 0 aliphatic heterocycles. The van der Waals surface area contributed by atoms with E-state index in [2.05, 4.69) is 11.1 Å². The quantitative estimate of drug-likeness (QED) is 0.722. The summed E-state index contributed by atoms with van der Waals surface area (Å²) in [7, 11) is 0. The van der Waals surface area contributed by atoms with Gasteiger partial charge in [0.2, 0.25) is 0 Å². The van der Waals surface area contributed by atoms with Crippen LogP contribution in [0.15, 0.2) is 23.7 Å². The minimum absolute atomic E-state index is 0.436. The van der Waals surface area contributed by atoms with Gasteiger partial charge in [-0.2, -0.15) is 5.26 Å². The molecule has 4 heteroatoms. The summed E-state index contributed by atoms with van der Waals surface area (Å²) in [4.78, 5) is 3.90. The Hall–Kier alpha value is -1.73. The number of nitrogen functional groups attached to an aromatic ring is 1. The van der Waals surface area contributed by atoms with Crippen molar-refractivity contribution in [2.45, 2.75) is 0 Å². The van der Waals surface area contributed by atoms with Gasteiger partial charge in [-0.25, -0.2) is 0 Å². The molecule has 2 aromatic heterocycles. The van der Waals surface area contributed by atoms with Gasteiger partial charge in [-0.15, -0.1) is 11.3 Å². The Morgan fingerprint density at radius 3 is 3.00 bits per heavy atom. The molecule has 0 spiro atoms. The van der Waals surface area contributed by atoms with E-state index in [0.29, 0.717) is 11.4 Å². The number of thiophene rings is 1. The van der Waals surface area contributed by atoms with Crippen molar-refractivity contribution in [3.63, 3.8) is 0 Å².